The van der Waals surface area contributed by atoms with Crippen molar-refractivity contribution in [3.05, 3.63) is 47.3 Å². The minimum Gasteiger partial charge on any atom is -0.452 e. The predicted octanol–water partition coefficient (Wildman–Crippen LogP) is 1.98. The smallest absolute Gasteiger partial charge is 0.413 e. The molecule has 0 bridgehead atoms. The van der Waals surface area contributed by atoms with Crippen LogP contribution in [0.4, 0.5) is 10.5 Å². The number of carbonyl (C=O) groups is 3. The number of carbonyl (C=O) groups excluding carboxylic acids is 3. The molecule has 2 rings (SSSR count). The Morgan fingerprint density at radius 2 is 1.81 bits per heavy atom. The third-order valence-corrected chi connectivity index (χ3v) is 5.77. The van der Waals surface area contributed by atoms with E-state index in [4.69, 9.17) is 4.74 Å². The standard InChI is InChI=1S/C16H16N2O7S2/c1-2-24-16(21)17-13(19)10-25-15(20)11-6-3-4-7-12(11)18-27(22,23)14-8-5-9-26-14/h3-9,18H,2,10H2,1H3,(H,17,19,21). The van der Waals surface area contributed by atoms with Gasteiger partial charge in [-0.15, -0.1) is 11.3 Å². The number of thiophene rings is 1. The molecule has 0 radical (unpaired) electrons. The zero-order chi connectivity index (χ0) is 19.9. The Labute approximate surface area is 159 Å². The molecule has 0 aliphatic rings. The highest BCUT2D eigenvalue weighted by molar-refractivity contribution is 7.94. The van der Waals surface area contributed by atoms with Crippen LogP contribution in [0.3, 0.4) is 0 Å². The van der Waals surface area contributed by atoms with Crippen LogP contribution in [0.15, 0.2) is 46.0 Å². The lowest BCUT2D eigenvalue weighted by molar-refractivity contribution is -0.123. The zero-order valence-corrected chi connectivity index (χ0v) is 15.8. The Kier molecular flexibility index (Phi) is 6.91. The molecule has 0 saturated carbocycles. The van der Waals surface area contributed by atoms with Crippen LogP contribution >= 0.6 is 11.3 Å². The number of esters is 1. The summed E-state index contributed by atoms with van der Waals surface area (Å²) in [5, 5.41) is 3.48. The minimum atomic E-state index is -3.86. The van der Waals surface area contributed by atoms with Gasteiger partial charge in [0.05, 0.1) is 17.9 Å². The number of para-hydroxylation sites is 1. The summed E-state index contributed by atoms with van der Waals surface area (Å²) in [4.78, 5) is 34.9. The van der Waals surface area contributed by atoms with E-state index in [-0.39, 0.29) is 22.1 Å². The number of anilines is 1. The average Bonchev–Trinajstić information content (AvgIpc) is 3.15. The number of nitrogens with one attached hydrogen (secondary N) is 2. The number of hydrogen-bond acceptors (Lipinski definition) is 8. The van der Waals surface area contributed by atoms with Crippen LogP contribution in [0.1, 0.15) is 17.3 Å². The highest BCUT2D eigenvalue weighted by Gasteiger charge is 2.21. The van der Waals surface area contributed by atoms with Gasteiger partial charge in [-0.3, -0.25) is 14.8 Å². The number of amides is 2. The summed E-state index contributed by atoms with van der Waals surface area (Å²) < 4.78 is 36.4. The van der Waals surface area contributed by atoms with E-state index in [0.29, 0.717) is 0 Å². The van der Waals surface area contributed by atoms with Crippen LogP contribution in [0.25, 0.3) is 0 Å². The first-order valence-corrected chi connectivity index (χ1v) is 9.99. The number of alkyl carbamates (subject to hydrolysis) is 1. The Morgan fingerprint density at radius 1 is 1.07 bits per heavy atom. The molecular formula is C16H16N2O7S2. The monoisotopic (exact) mass is 412 g/mol. The van der Waals surface area contributed by atoms with Crippen LogP contribution in [-0.2, 0) is 24.3 Å². The third-order valence-electron chi connectivity index (χ3n) is 3.00. The summed E-state index contributed by atoms with van der Waals surface area (Å²) in [6.07, 6.45) is -0.956. The normalized spacial score (nSPS) is 10.7. The molecule has 0 unspecified atom stereocenters. The maximum absolute atomic E-state index is 12.3. The van der Waals surface area contributed by atoms with Gasteiger partial charge in [-0.2, -0.15) is 0 Å². The van der Waals surface area contributed by atoms with Crippen molar-refractivity contribution in [2.75, 3.05) is 17.9 Å². The van der Waals surface area contributed by atoms with E-state index < -0.39 is 34.6 Å². The molecule has 2 amide bonds. The fourth-order valence-electron chi connectivity index (χ4n) is 1.89. The van der Waals surface area contributed by atoms with Gasteiger partial charge in [0.25, 0.3) is 15.9 Å². The Morgan fingerprint density at radius 3 is 2.48 bits per heavy atom. The minimum absolute atomic E-state index is 0.00157. The average molecular weight is 412 g/mol. The summed E-state index contributed by atoms with van der Waals surface area (Å²) in [6.45, 7) is 0.915. The van der Waals surface area contributed by atoms with E-state index >= 15 is 0 Å². The molecule has 0 atom stereocenters. The highest BCUT2D eigenvalue weighted by atomic mass is 32.2. The molecule has 1 aromatic heterocycles. The van der Waals surface area contributed by atoms with Crippen LogP contribution in [0.5, 0.6) is 0 Å². The number of sulfonamides is 1. The zero-order valence-electron chi connectivity index (χ0n) is 14.1. The molecule has 1 aromatic carbocycles. The molecule has 0 aliphatic heterocycles. The Balaban J connectivity index is 2.05. The lowest BCUT2D eigenvalue weighted by Crippen LogP contribution is -2.34. The SMILES string of the molecule is CCOC(=O)NC(=O)COC(=O)c1ccccc1NS(=O)(=O)c1cccs1. The van der Waals surface area contributed by atoms with Crippen molar-refractivity contribution in [1.29, 1.82) is 0 Å². The number of imide groups is 1. The van der Waals surface area contributed by atoms with Gasteiger partial charge in [0.15, 0.2) is 6.61 Å². The van der Waals surface area contributed by atoms with E-state index in [1.54, 1.807) is 18.4 Å². The van der Waals surface area contributed by atoms with Gasteiger partial charge >= 0.3 is 12.1 Å². The fourth-order valence-corrected chi connectivity index (χ4v) is 3.96. The first-order valence-electron chi connectivity index (χ1n) is 7.62. The van der Waals surface area contributed by atoms with E-state index in [1.165, 1.54) is 30.3 Å². The first-order chi connectivity index (χ1) is 12.8. The number of ether oxygens (including phenoxy) is 2. The molecule has 0 fully saturated rings. The van der Waals surface area contributed by atoms with Crippen molar-refractivity contribution in [3.8, 4) is 0 Å². The van der Waals surface area contributed by atoms with Crippen LogP contribution in [-0.4, -0.2) is 39.6 Å². The molecule has 0 spiro atoms. The first kappa shape index (κ1) is 20.4. The van der Waals surface area contributed by atoms with Gasteiger partial charge in [-0.1, -0.05) is 18.2 Å². The summed E-state index contributed by atoms with van der Waals surface area (Å²) in [5.74, 6) is -1.81. The van der Waals surface area contributed by atoms with Gasteiger partial charge in [0, 0.05) is 0 Å². The van der Waals surface area contributed by atoms with E-state index in [9.17, 15) is 22.8 Å². The summed E-state index contributed by atoms with van der Waals surface area (Å²) in [5.41, 5.74) is -0.0803. The van der Waals surface area contributed by atoms with Crippen LogP contribution < -0.4 is 10.0 Å². The number of hydrogen-bond donors (Lipinski definition) is 2. The molecule has 11 heteroatoms. The van der Waals surface area contributed by atoms with Gasteiger partial charge in [-0.05, 0) is 30.5 Å². The number of benzene rings is 1. The van der Waals surface area contributed by atoms with Crippen molar-refractivity contribution >= 4 is 45.0 Å². The molecule has 0 saturated heterocycles. The Hall–Kier alpha value is -2.92. The van der Waals surface area contributed by atoms with Gasteiger partial charge in [0.2, 0.25) is 0 Å². The molecule has 0 aliphatic carbocycles. The van der Waals surface area contributed by atoms with Crippen molar-refractivity contribution in [2.45, 2.75) is 11.1 Å². The topological polar surface area (TPSA) is 128 Å². The highest BCUT2D eigenvalue weighted by Crippen LogP contribution is 2.23. The molecule has 9 nitrogen and oxygen atoms in total. The summed E-state index contributed by atoms with van der Waals surface area (Å²) in [7, 11) is -3.86. The molecular weight excluding hydrogens is 396 g/mol. The summed E-state index contributed by atoms with van der Waals surface area (Å²) in [6, 6.07) is 8.79. The fraction of sp³-hybridized carbons (Fsp3) is 0.188. The van der Waals surface area contributed by atoms with Gasteiger partial charge in [0.1, 0.15) is 4.21 Å². The largest absolute Gasteiger partial charge is 0.452 e. The lowest BCUT2D eigenvalue weighted by Gasteiger charge is -2.11. The lowest BCUT2D eigenvalue weighted by atomic mass is 10.2. The molecule has 144 valence electrons. The molecule has 2 N–H and O–H groups in total. The second-order valence-corrected chi connectivity index (χ2v) is 7.78. The maximum Gasteiger partial charge on any atom is 0.413 e. The molecule has 1 heterocycles. The van der Waals surface area contributed by atoms with Crippen LogP contribution in [0, 0.1) is 0 Å². The van der Waals surface area contributed by atoms with Crippen molar-refractivity contribution in [3.63, 3.8) is 0 Å². The van der Waals surface area contributed by atoms with Crippen molar-refractivity contribution in [1.82, 2.24) is 5.32 Å². The van der Waals surface area contributed by atoms with Gasteiger partial charge < -0.3 is 9.47 Å². The summed E-state index contributed by atoms with van der Waals surface area (Å²) >= 11 is 1.02. The van der Waals surface area contributed by atoms with Crippen LogP contribution in [0.2, 0.25) is 0 Å². The number of rotatable bonds is 7. The molecule has 27 heavy (non-hydrogen) atoms. The van der Waals surface area contributed by atoms with Gasteiger partial charge in [-0.25, -0.2) is 18.0 Å². The van der Waals surface area contributed by atoms with Crippen molar-refractivity contribution < 1.29 is 32.3 Å². The molecule has 2 aromatic rings. The second kappa shape index (κ2) is 9.14. The predicted molar refractivity (Wildman–Crippen MR) is 97.0 cm³/mol. The maximum atomic E-state index is 12.3. The third kappa shape index (κ3) is 5.79. The van der Waals surface area contributed by atoms with E-state index in [1.807, 2.05) is 5.32 Å². The van der Waals surface area contributed by atoms with Crippen molar-refractivity contribution in [2.24, 2.45) is 0 Å². The quantitative estimate of drug-likeness (QED) is 0.666. The van der Waals surface area contributed by atoms with E-state index in [2.05, 4.69) is 9.46 Å². The van der Waals surface area contributed by atoms with E-state index in [0.717, 1.165) is 11.3 Å². The second-order valence-electron chi connectivity index (χ2n) is 4.93. The Bertz CT molecular complexity index is 924.